The van der Waals surface area contributed by atoms with Crippen LogP contribution in [0.15, 0.2) is 77.8 Å². The number of rotatable bonds is 9. The molecule has 0 saturated heterocycles. The summed E-state index contributed by atoms with van der Waals surface area (Å²) in [6.07, 6.45) is 2.49. The molecule has 0 aliphatic rings. The zero-order chi connectivity index (χ0) is 22.3. The van der Waals surface area contributed by atoms with E-state index in [0.717, 1.165) is 28.1 Å². The van der Waals surface area contributed by atoms with E-state index in [0.29, 0.717) is 18.5 Å². The van der Waals surface area contributed by atoms with Crippen molar-refractivity contribution in [3.8, 4) is 16.9 Å². The highest BCUT2D eigenvalue weighted by Crippen LogP contribution is 2.27. The first kappa shape index (κ1) is 21.9. The van der Waals surface area contributed by atoms with Gasteiger partial charge in [0.1, 0.15) is 5.75 Å². The topological polar surface area (TPSA) is 75.1 Å². The molecule has 162 valence electrons. The molecule has 0 spiro atoms. The Hall–Kier alpha value is -3.35. The van der Waals surface area contributed by atoms with Gasteiger partial charge in [0.15, 0.2) is 5.78 Å². The lowest BCUT2D eigenvalue weighted by molar-refractivity contribution is -0.120. The average Bonchev–Trinajstić information content (AvgIpc) is 3.32. The summed E-state index contributed by atoms with van der Waals surface area (Å²) >= 11 is 1.54. The number of phenolic OH excluding ortho intramolecular Hbond substituents is 1. The van der Waals surface area contributed by atoms with Gasteiger partial charge in [0.2, 0.25) is 0 Å². The fraction of sp³-hybridized carbons (Fsp3) is 0.192. The average molecular weight is 444 g/mol. The van der Waals surface area contributed by atoms with Crippen LogP contribution >= 0.6 is 11.3 Å². The first-order valence-electron chi connectivity index (χ1n) is 10.5. The molecule has 0 radical (unpaired) electrons. The lowest BCUT2D eigenvalue weighted by atomic mass is 9.95. The summed E-state index contributed by atoms with van der Waals surface area (Å²) in [5.74, 6) is 0.160. The van der Waals surface area contributed by atoms with Gasteiger partial charge in [-0.15, -0.1) is 11.3 Å². The van der Waals surface area contributed by atoms with Crippen LogP contribution in [-0.4, -0.2) is 26.9 Å². The maximum absolute atomic E-state index is 13.3. The Labute approximate surface area is 191 Å². The van der Waals surface area contributed by atoms with Gasteiger partial charge in [-0.2, -0.15) is 0 Å². The molecular formula is C26H25N3O2S. The van der Waals surface area contributed by atoms with Crippen LogP contribution in [0.25, 0.3) is 11.1 Å². The number of hydrogen-bond donors (Lipinski definition) is 2. The summed E-state index contributed by atoms with van der Waals surface area (Å²) in [4.78, 5) is 21.9. The van der Waals surface area contributed by atoms with Crippen LogP contribution in [0.5, 0.6) is 5.75 Å². The van der Waals surface area contributed by atoms with Gasteiger partial charge in [-0.1, -0.05) is 36.4 Å². The summed E-state index contributed by atoms with van der Waals surface area (Å²) in [5.41, 5.74) is 7.29. The summed E-state index contributed by atoms with van der Waals surface area (Å²) in [6, 6.07) is 18.9. The molecule has 5 nitrogen and oxygen atoms in total. The number of aryl methyl sites for hydroxylation is 1. The van der Waals surface area contributed by atoms with Gasteiger partial charge in [-0.3, -0.25) is 9.78 Å². The van der Waals surface area contributed by atoms with E-state index in [2.05, 4.69) is 15.3 Å². The van der Waals surface area contributed by atoms with E-state index in [4.69, 9.17) is 0 Å². The Bertz CT molecular complexity index is 1180. The van der Waals surface area contributed by atoms with Crippen LogP contribution < -0.4 is 5.32 Å². The minimum atomic E-state index is -0.384. The second kappa shape index (κ2) is 10.3. The SMILES string of the molecule is Cc1cc(-c2ccc(O)c(CC(=O)[C@H](Cc3ccccc3)NCc3cscn3)c2)ccn1. The number of carbonyl (C=O) groups is 1. The number of nitrogens with one attached hydrogen (secondary N) is 1. The number of nitrogens with zero attached hydrogens (tertiary/aromatic N) is 2. The number of aromatic hydroxyl groups is 1. The van der Waals surface area contributed by atoms with Crippen molar-refractivity contribution >= 4 is 17.1 Å². The van der Waals surface area contributed by atoms with Crippen molar-refractivity contribution in [2.75, 3.05) is 0 Å². The third-order valence-corrected chi connectivity index (χ3v) is 5.99. The molecule has 2 N–H and O–H groups in total. The normalized spacial score (nSPS) is 11.9. The highest BCUT2D eigenvalue weighted by molar-refractivity contribution is 7.07. The van der Waals surface area contributed by atoms with Gasteiger partial charge in [-0.25, -0.2) is 4.98 Å². The third kappa shape index (κ3) is 5.66. The Balaban J connectivity index is 1.54. The number of thiazole rings is 1. The summed E-state index contributed by atoms with van der Waals surface area (Å²) in [5, 5.41) is 15.8. The molecule has 6 heteroatoms. The molecule has 0 aliphatic carbocycles. The number of aromatic nitrogens is 2. The van der Waals surface area contributed by atoms with Crippen molar-refractivity contribution in [2.24, 2.45) is 0 Å². The van der Waals surface area contributed by atoms with Gasteiger partial charge in [0, 0.05) is 35.8 Å². The summed E-state index contributed by atoms with van der Waals surface area (Å²) in [6.45, 7) is 2.46. The van der Waals surface area contributed by atoms with E-state index in [9.17, 15) is 9.90 Å². The van der Waals surface area contributed by atoms with Crippen molar-refractivity contribution in [3.63, 3.8) is 0 Å². The number of hydrogen-bond acceptors (Lipinski definition) is 6. The Morgan fingerprint density at radius 3 is 2.62 bits per heavy atom. The van der Waals surface area contributed by atoms with Crippen LogP contribution in [0.4, 0.5) is 0 Å². The molecule has 1 atom stereocenters. The molecule has 4 aromatic rings. The van der Waals surface area contributed by atoms with Crippen LogP contribution in [0, 0.1) is 6.92 Å². The molecule has 2 aromatic heterocycles. The van der Waals surface area contributed by atoms with Crippen molar-refractivity contribution in [2.45, 2.75) is 32.4 Å². The number of Topliss-reactive ketones (excluding diaryl/α,β-unsaturated/α-hetero) is 1. The minimum Gasteiger partial charge on any atom is -0.508 e. The van der Waals surface area contributed by atoms with Crippen LogP contribution in [0.1, 0.15) is 22.5 Å². The molecule has 0 amide bonds. The van der Waals surface area contributed by atoms with E-state index in [1.54, 1.807) is 17.8 Å². The van der Waals surface area contributed by atoms with Crippen LogP contribution in [0.2, 0.25) is 0 Å². The quantitative estimate of drug-likeness (QED) is 0.391. The van der Waals surface area contributed by atoms with Gasteiger partial charge < -0.3 is 10.4 Å². The fourth-order valence-corrected chi connectivity index (χ4v) is 4.20. The largest absolute Gasteiger partial charge is 0.508 e. The second-order valence-electron chi connectivity index (χ2n) is 7.78. The molecule has 0 fully saturated rings. The van der Waals surface area contributed by atoms with E-state index in [1.165, 1.54) is 11.3 Å². The first-order chi connectivity index (χ1) is 15.6. The number of ketones is 1. The number of pyridine rings is 1. The lowest BCUT2D eigenvalue weighted by Gasteiger charge is -2.18. The van der Waals surface area contributed by atoms with Gasteiger partial charge in [0.25, 0.3) is 0 Å². The van der Waals surface area contributed by atoms with Crippen molar-refractivity contribution in [1.82, 2.24) is 15.3 Å². The molecule has 0 saturated carbocycles. The van der Waals surface area contributed by atoms with Crippen LogP contribution in [0.3, 0.4) is 0 Å². The van der Waals surface area contributed by atoms with Crippen LogP contribution in [-0.2, 0) is 24.2 Å². The predicted octanol–water partition coefficient (Wildman–Crippen LogP) is 4.73. The molecule has 0 aliphatic heterocycles. The highest BCUT2D eigenvalue weighted by atomic mass is 32.1. The molecular weight excluding hydrogens is 418 g/mol. The molecule has 0 bridgehead atoms. The fourth-order valence-electron chi connectivity index (χ4n) is 3.64. The van der Waals surface area contributed by atoms with E-state index < -0.39 is 0 Å². The van der Waals surface area contributed by atoms with Gasteiger partial charge in [0.05, 0.1) is 17.2 Å². The Morgan fingerprint density at radius 1 is 1.06 bits per heavy atom. The highest BCUT2D eigenvalue weighted by Gasteiger charge is 2.21. The number of benzene rings is 2. The van der Waals surface area contributed by atoms with Gasteiger partial charge >= 0.3 is 0 Å². The number of phenols is 1. The monoisotopic (exact) mass is 443 g/mol. The Morgan fingerprint density at radius 2 is 1.88 bits per heavy atom. The van der Waals surface area contributed by atoms with E-state index in [-0.39, 0.29) is 24.0 Å². The predicted molar refractivity (Wildman–Crippen MR) is 128 cm³/mol. The second-order valence-corrected chi connectivity index (χ2v) is 8.49. The first-order valence-corrected chi connectivity index (χ1v) is 11.4. The molecule has 2 heterocycles. The zero-order valence-electron chi connectivity index (χ0n) is 17.9. The summed E-state index contributed by atoms with van der Waals surface area (Å²) in [7, 11) is 0. The maximum atomic E-state index is 13.3. The van der Waals surface area contributed by atoms with Crippen molar-refractivity contribution in [3.05, 3.63) is 100 Å². The lowest BCUT2D eigenvalue weighted by Crippen LogP contribution is -2.39. The minimum absolute atomic E-state index is 0.0300. The van der Waals surface area contributed by atoms with E-state index in [1.807, 2.05) is 66.9 Å². The standard InChI is InChI=1S/C26H25N3O2S/c1-18-11-21(9-10-27-18)20-7-8-25(30)22(13-20)14-26(31)24(12-19-5-3-2-4-6-19)28-15-23-16-32-17-29-23/h2-11,13,16-17,24,28,30H,12,14-15H2,1H3/t24-/m0/s1. The van der Waals surface area contributed by atoms with Gasteiger partial charge in [-0.05, 0) is 54.3 Å². The third-order valence-electron chi connectivity index (χ3n) is 5.36. The molecule has 2 aromatic carbocycles. The van der Waals surface area contributed by atoms with E-state index >= 15 is 0 Å². The molecule has 0 unspecified atom stereocenters. The zero-order valence-corrected chi connectivity index (χ0v) is 18.7. The maximum Gasteiger partial charge on any atom is 0.154 e. The number of carbonyl (C=O) groups excluding carboxylic acids is 1. The molecule has 4 rings (SSSR count). The molecule has 32 heavy (non-hydrogen) atoms. The van der Waals surface area contributed by atoms with Crippen molar-refractivity contribution in [1.29, 1.82) is 0 Å². The smallest absolute Gasteiger partial charge is 0.154 e. The summed E-state index contributed by atoms with van der Waals surface area (Å²) < 4.78 is 0. The van der Waals surface area contributed by atoms with Crippen molar-refractivity contribution < 1.29 is 9.90 Å². The Kier molecular flexibility index (Phi) is 7.04.